The van der Waals surface area contributed by atoms with Gasteiger partial charge in [0.1, 0.15) is 5.75 Å². The lowest BCUT2D eigenvalue weighted by Crippen LogP contribution is -2.29. The Morgan fingerprint density at radius 2 is 1.88 bits per heavy atom. The molecule has 1 atom stereocenters. The maximum absolute atomic E-state index is 12.7. The van der Waals surface area contributed by atoms with Gasteiger partial charge in [0.15, 0.2) is 5.16 Å². The second kappa shape index (κ2) is 7.61. The fourth-order valence-electron chi connectivity index (χ4n) is 2.49. The number of aromatic nitrogens is 2. The lowest BCUT2D eigenvalue weighted by molar-refractivity contribution is -0.116. The van der Waals surface area contributed by atoms with Crippen molar-refractivity contribution < 1.29 is 9.53 Å². The van der Waals surface area contributed by atoms with E-state index in [4.69, 9.17) is 4.74 Å². The first kappa shape index (κ1) is 17.4. The average Bonchev–Trinajstić information content (AvgIpc) is 3.02. The predicted octanol–water partition coefficient (Wildman–Crippen LogP) is 4.33. The third kappa shape index (κ3) is 4.14. The zero-order valence-electron chi connectivity index (χ0n) is 14.4. The number of thioether (sulfide) groups is 1. The summed E-state index contributed by atoms with van der Waals surface area (Å²) >= 11 is 1.45. The van der Waals surface area contributed by atoms with Crippen LogP contribution in [0.15, 0.2) is 53.7 Å². The number of hydrogen-bond acceptors (Lipinski definition) is 4. The van der Waals surface area contributed by atoms with Gasteiger partial charge >= 0.3 is 0 Å². The second-order valence-corrected chi connectivity index (χ2v) is 7.19. The summed E-state index contributed by atoms with van der Waals surface area (Å²) < 4.78 is 5.14. The van der Waals surface area contributed by atoms with Crippen LogP contribution in [0.2, 0.25) is 0 Å². The lowest BCUT2D eigenvalue weighted by Gasteiger charge is -2.18. The van der Waals surface area contributed by atoms with Gasteiger partial charge in [-0.3, -0.25) is 4.79 Å². The monoisotopic (exact) mass is 355 g/mol. The molecule has 0 saturated carbocycles. The maximum Gasteiger partial charge on any atom is 0.238 e. The standard InChI is InChI=1S/C19H21N3O2S/c1-12(2)17(18(23)20-13-8-10-14(24-3)11-9-13)25-19-21-15-6-4-5-7-16(15)22-19/h4-12,17H,1-3H3,(H,20,23)(H,21,22)/t17-/m1/s1. The summed E-state index contributed by atoms with van der Waals surface area (Å²) in [5.74, 6) is 0.886. The minimum Gasteiger partial charge on any atom is -0.497 e. The fourth-order valence-corrected chi connectivity index (χ4v) is 3.48. The summed E-state index contributed by atoms with van der Waals surface area (Å²) in [7, 11) is 1.62. The van der Waals surface area contributed by atoms with Crippen LogP contribution in [0, 0.1) is 5.92 Å². The van der Waals surface area contributed by atoms with Gasteiger partial charge in [-0.25, -0.2) is 4.98 Å². The molecule has 3 aromatic rings. The highest BCUT2D eigenvalue weighted by atomic mass is 32.2. The Hall–Kier alpha value is -2.47. The molecule has 1 heterocycles. The fraction of sp³-hybridized carbons (Fsp3) is 0.263. The van der Waals surface area contributed by atoms with Crippen LogP contribution in [0.3, 0.4) is 0 Å². The van der Waals surface area contributed by atoms with Crippen LogP contribution in [0.5, 0.6) is 5.75 Å². The van der Waals surface area contributed by atoms with Crippen molar-refractivity contribution in [2.45, 2.75) is 24.3 Å². The molecule has 2 aromatic carbocycles. The van der Waals surface area contributed by atoms with Crippen LogP contribution in [-0.4, -0.2) is 28.2 Å². The van der Waals surface area contributed by atoms with Crippen LogP contribution in [0.25, 0.3) is 11.0 Å². The molecule has 130 valence electrons. The van der Waals surface area contributed by atoms with Crippen LogP contribution in [0.4, 0.5) is 5.69 Å². The van der Waals surface area contributed by atoms with Gasteiger partial charge in [-0.1, -0.05) is 37.7 Å². The van der Waals surface area contributed by atoms with Crippen molar-refractivity contribution in [2.75, 3.05) is 12.4 Å². The number of carbonyl (C=O) groups excluding carboxylic acids is 1. The number of anilines is 1. The zero-order chi connectivity index (χ0) is 17.8. The lowest BCUT2D eigenvalue weighted by atomic mass is 10.1. The van der Waals surface area contributed by atoms with E-state index in [9.17, 15) is 4.79 Å². The number of rotatable bonds is 6. The number of H-pyrrole nitrogens is 1. The highest BCUT2D eigenvalue weighted by molar-refractivity contribution is 8.00. The highest BCUT2D eigenvalue weighted by Crippen LogP contribution is 2.29. The molecule has 2 N–H and O–H groups in total. The summed E-state index contributed by atoms with van der Waals surface area (Å²) in [6.45, 7) is 4.07. The van der Waals surface area contributed by atoms with Crippen molar-refractivity contribution in [3.8, 4) is 5.75 Å². The molecule has 0 aliphatic carbocycles. The predicted molar refractivity (Wildman–Crippen MR) is 102 cm³/mol. The topological polar surface area (TPSA) is 67.0 Å². The molecule has 0 aliphatic heterocycles. The van der Waals surface area contributed by atoms with Crippen molar-refractivity contribution >= 4 is 34.4 Å². The molecule has 0 unspecified atom stereocenters. The first-order chi connectivity index (χ1) is 12.1. The smallest absolute Gasteiger partial charge is 0.238 e. The van der Waals surface area contributed by atoms with E-state index < -0.39 is 0 Å². The Kier molecular flexibility index (Phi) is 5.28. The SMILES string of the molecule is COc1ccc(NC(=O)[C@H](Sc2nc3ccccc3[nH]2)C(C)C)cc1. The van der Waals surface area contributed by atoms with E-state index in [0.717, 1.165) is 27.6 Å². The van der Waals surface area contributed by atoms with Gasteiger partial charge in [0.25, 0.3) is 0 Å². The zero-order valence-corrected chi connectivity index (χ0v) is 15.3. The Labute approximate surface area is 151 Å². The van der Waals surface area contributed by atoms with Gasteiger partial charge in [0.05, 0.1) is 23.4 Å². The normalized spacial score (nSPS) is 12.3. The largest absolute Gasteiger partial charge is 0.497 e. The average molecular weight is 355 g/mol. The van der Waals surface area contributed by atoms with Crippen LogP contribution in [-0.2, 0) is 4.79 Å². The molecule has 0 radical (unpaired) electrons. The summed E-state index contributed by atoms with van der Waals surface area (Å²) in [6, 6.07) is 15.2. The van der Waals surface area contributed by atoms with E-state index in [1.54, 1.807) is 7.11 Å². The minimum atomic E-state index is -0.248. The van der Waals surface area contributed by atoms with E-state index >= 15 is 0 Å². The number of amides is 1. The van der Waals surface area contributed by atoms with Crippen molar-refractivity contribution in [2.24, 2.45) is 5.92 Å². The quantitative estimate of drug-likeness (QED) is 0.646. The molecule has 1 aromatic heterocycles. The summed E-state index contributed by atoms with van der Waals surface area (Å²) in [5, 5.41) is 3.48. The highest BCUT2D eigenvalue weighted by Gasteiger charge is 2.25. The van der Waals surface area contributed by atoms with Crippen molar-refractivity contribution in [3.05, 3.63) is 48.5 Å². The molecule has 5 nitrogen and oxygen atoms in total. The van der Waals surface area contributed by atoms with E-state index in [0.29, 0.717) is 0 Å². The summed E-state index contributed by atoms with van der Waals surface area (Å²) in [6.07, 6.45) is 0. The molecule has 0 fully saturated rings. The van der Waals surface area contributed by atoms with Crippen LogP contribution in [0.1, 0.15) is 13.8 Å². The second-order valence-electron chi connectivity index (χ2n) is 6.06. The molecule has 3 rings (SSSR count). The Balaban J connectivity index is 1.74. The summed E-state index contributed by atoms with van der Waals surface area (Å²) in [4.78, 5) is 20.6. The third-order valence-electron chi connectivity index (χ3n) is 3.83. The maximum atomic E-state index is 12.7. The number of aromatic amines is 1. The first-order valence-corrected chi connectivity index (χ1v) is 9.01. The number of nitrogens with zero attached hydrogens (tertiary/aromatic N) is 1. The van der Waals surface area contributed by atoms with Gasteiger partial charge in [0, 0.05) is 5.69 Å². The summed E-state index contributed by atoms with van der Waals surface area (Å²) in [5.41, 5.74) is 2.63. The van der Waals surface area contributed by atoms with E-state index in [1.807, 2.05) is 62.4 Å². The third-order valence-corrected chi connectivity index (χ3v) is 5.26. The van der Waals surface area contributed by atoms with Crippen molar-refractivity contribution in [1.29, 1.82) is 0 Å². The molecule has 0 bridgehead atoms. The van der Waals surface area contributed by atoms with Gasteiger partial charge in [-0.05, 0) is 42.3 Å². The molecule has 6 heteroatoms. The van der Waals surface area contributed by atoms with Gasteiger partial charge in [0.2, 0.25) is 5.91 Å². The molecule has 0 spiro atoms. The van der Waals surface area contributed by atoms with Crippen molar-refractivity contribution in [3.63, 3.8) is 0 Å². The Morgan fingerprint density at radius 3 is 2.52 bits per heavy atom. The van der Waals surface area contributed by atoms with E-state index in [1.165, 1.54) is 11.8 Å². The molecule has 25 heavy (non-hydrogen) atoms. The van der Waals surface area contributed by atoms with Gasteiger partial charge < -0.3 is 15.0 Å². The number of imidazole rings is 1. The molecule has 0 saturated heterocycles. The van der Waals surface area contributed by atoms with Crippen LogP contribution >= 0.6 is 11.8 Å². The van der Waals surface area contributed by atoms with E-state index in [2.05, 4.69) is 15.3 Å². The van der Waals surface area contributed by atoms with Crippen LogP contribution < -0.4 is 10.1 Å². The number of ether oxygens (including phenoxy) is 1. The number of nitrogens with one attached hydrogen (secondary N) is 2. The van der Waals surface area contributed by atoms with Crippen molar-refractivity contribution in [1.82, 2.24) is 9.97 Å². The van der Waals surface area contributed by atoms with Gasteiger partial charge in [-0.15, -0.1) is 0 Å². The number of para-hydroxylation sites is 2. The molecule has 1 amide bonds. The van der Waals surface area contributed by atoms with Gasteiger partial charge in [-0.2, -0.15) is 0 Å². The molecular formula is C19H21N3O2S. The Morgan fingerprint density at radius 1 is 1.16 bits per heavy atom. The molecular weight excluding hydrogens is 334 g/mol. The first-order valence-electron chi connectivity index (χ1n) is 8.13. The number of benzene rings is 2. The Bertz CT molecular complexity index is 825. The number of carbonyl (C=O) groups is 1. The number of fused-ring (bicyclic) bond motifs is 1. The number of hydrogen-bond donors (Lipinski definition) is 2. The van der Waals surface area contributed by atoms with E-state index in [-0.39, 0.29) is 17.1 Å². The molecule has 0 aliphatic rings. The minimum absolute atomic E-state index is 0.0365. The number of methoxy groups -OCH3 is 1.